The second-order valence-corrected chi connectivity index (χ2v) is 6.14. The van der Waals surface area contributed by atoms with Crippen LogP contribution < -0.4 is 0 Å². The van der Waals surface area contributed by atoms with Crippen LogP contribution in [0.25, 0.3) is 11.5 Å². The number of rotatable bonds is 5. The minimum Gasteiger partial charge on any atom is -0.395 e. The Morgan fingerprint density at radius 3 is 2.96 bits per heavy atom. The maximum absolute atomic E-state index is 13.0. The first-order chi connectivity index (χ1) is 12.8. The van der Waals surface area contributed by atoms with E-state index in [1.165, 1.54) is 5.56 Å². The average molecular weight is 350 g/mol. The summed E-state index contributed by atoms with van der Waals surface area (Å²) in [6.07, 6.45) is 4.97. The highest BCUT2D eigenvalue weighted by Crippen LogP contribution is 2.36. The van der Waals surface area contributed by atoms with Gasteiger partial charge in [-0.3, -0.25) is 9.78 Å². The Hall–Kier alpha value is -3.06. The van der Waals surface area contributed by atoms with Crippen molar-refractivity contribution >= 4 is 5.91 Å². The van der Waals surface area contributed by atoms with E-state index in [9.17, 15) is 9.90 Å². The molecule has 26 heavy (non-hydrogen) atoms. The summed E-state index contributed by atoms with van der Waals surface area (Å²) in [4.78, 5) is 22.9. The van der Waals surface area contributed by atoms with Crippen LogP contribution in [-0.4, -0.2) is 44.2 Å². The number of fused-ring (bicyclic) bond motifs is 1. The molecule has 0 radical (unpaired) electrons. The number of pyridine rings is 1. The van der Waals surface area contributed by atoms with E-state index in [4.69, 9.17) is 4.52 Å². The number of aliphatic hydroxyl groups is 1. The summed E-state index contributed by atoms with van der Waals surface area (Å²) in [6, 6.07) is 11.5. The third-order valence-electron chi connectivity index (χ3n) is 4.60. The van der Waals surface area contributed by atoms with Gasteiger partial charge in [-0.2, -0.15) is 4.98 Å². The molecule has 0 bridgehead atoms. The Morgan fingerprint density at radius 2 is 2.15 bits per heavy atom. The van der Waals surface area contributed by atoms with Crippen molar-refractivity contribution < 1.29 is 14.4 Å². The third kappa shape index (κ3) is 2.97. The number of carbonyl (C=O) groups excluding carboxylic acids is 1. The van der Waals surface area contributed by atoms with Gasteiger partial charge in [-0.25, -0.2) is 0 Å². The first-order valence-electron chi connectivity index (χ1n) is 8.51. The summed E-state index contributed by atoms with van der Waals surface area (Å²) in [5, 5.41) is 13.3. The molecule has 2 aromatic heterocycles. The summed E-state index contributed by atoms with van der Waals surface area (Å²) < 4.78 is 5.22. The highest BCUT2D eigenvalue weighted by atomic mass is 16.5. The van der Waals surface area contributed by atoms with Gasteiger partial charge in [0.2, 0.25) is 0 Å². The van der Waals surface area contributed by atoms with Crippen molar-refractivity contribution in [2.45, 2.75) is 18.9 Å². The number of aryl methyl sites for hydroxylation is 1. The summed E-state index contributed by atoms with van der Waals surface area (Å²) in [7, 11) is 0. The van der Waals surface area contributed by atoms with Crippen molar-refractivity contribution in [3.8, 4) is 11.5 Å². The molecule has 132 valence electrons. The molecule has 1 aromatic carbocycles. The fraction of sp³-hybridized carbons (Fsp3) is 0.263. The lowest BCUT2D eigenvalue weighted by atomic mass is 10.1. The van der Waals surface area contributed by atoms with E-state index in [0.29, 0.717) is 5.56 Å². The van der Waals surface area contributed by atoms with Gasteiger partial charge < -0.3 is 14.5 Å². The molecule has 0 saturated carbocycles. The van der Waals surface area contributed by atoms with Crippen LogP contribution in [-0.2, 0) is 6.42 Å². The summed E-state index contributed by atoms with van der Waals surface area (Å²) >= 11 is 0. The molecule has 3 aromatic rings. The molecule has 7 heteroatoms. The fourth-order valence-electron chi connectivity index (χ4n) is 3.41. The van der Waals surface area contributed by atoms with Crippen molar-refractivity contribution in [2.75, 3.05) is 13.2 Å². The Kier molecular flexibility index (Phi) is 4.45. The number of aliphatic hydroxyl groups excluding tert-OH is 1. The van der Waals surface area contributed by atoms with E-state index in [1.54, 1.807) is 29.4 Å². The van der Waals surface area contributed by atoms with Gasteiger partial charge in [0.25, 0.3) is 17.6 Å². The van der Waals surface area contributed by atoms with Gasteiger partial charge in [-0.15, -0.1) is 0 Å². The number of carbonyl (C=O) groups is 1. The Balaban J connectivity index is 1.62. The molecule has 1 N–H and O–H groups in total. The van der Waals surface area contributed by atoms with Crippen molar-refractivity contribution in [1.82, 2.24) is 20.0 Å². The Morgan fingerprint density at radius 1 is 1.27 bits per heavy atom. The second kappa shape index (κ2) is 7.05. The van der Waals surface area contributed by atoms with Gasteiger partial charge in [0, 0.05) is 18.9 Å². The van der Waals surface area contributed by atoms with Crippen LogP contribution in [0.5, 0.6) is 0 Å². The minimum atomic E-state index is -0.348. The zero-order valence-electron chi connectivity index (χ0n) is 14.1. The van der Waals surface area contributed by atoms with Crippen molar-refractivity contribution in [1.29, 1.82) is 0 Å². The monoisotopic (exact) mass is 350 g/mol. The van der Waals surface area contributed by atoms with Gasteiger partial charge >= 0.3 is 0 Å². The fourth-order valence-corrected chi connectivity index (χ4v) is 3.41. The molecular formula is C19H18N4O3. The molecule has 1 atom stereocenters. The highest BCUT2D eigenvalue weighted by Gasteiger charge is 2.33. The normalized spacial score (nSPS) is 15.7. The van der Waals surface area contributed by atoms with Crippen LogP contribution >= 0.6 is 0 Å². The predicted molar refractivity (Wildman–Crippen MR) is 93.2 cm³/mol. The van der Waals surface area contributed by atoms with E-state index in [1.807, 2.05) is 18.2 Å². The van der Waals surface area contributed by atoms with Gasteiger partial charge in [-0.1, -0.05) is 29.4 Å². The summed E-state index contributed by atoms with van der Waals surface area (Å²) in [5.41, 5.74) is 3.00. The molecule has 0 fully saturated rings. The van der Waals surface area contributed by atoms with E-state index in [0.717, 1.165) is 18.4 Å². The molecular weight excluding hydrogens is 332 g/mol. The summed E-state index contributed by atoms with van der Waals surface area (Å²) in [5.74, 6) is -0.112. The molecule has 2 heterocycles. The first kappa shape index (κ1) is 16.4. The maximum Gasteiger partial charge on any atom is 0.295 e. The zero-order valence-corrected chi connectivity index (χ0v) is 14.1. The van der Waals surface area contributed by atoms with Crippen molar-refractivity contribution in [3.05, 3.63) is 65.7 Å². The third-order valence-corrected chi connectivity index (χ3v) is 4.60. The lowest BCUT2D eigenvalue weighted by Gasteiger charge is -2.28. The summed E-state index contributed by atoms with van der Waals surface area (Å²) in [6.45, 7) is 0.0896. The first-order valence-corrected chi connectivity index (χ1v) is 8.51. The van der Waals surface area contributed by atoms with E-state index in [-0.39, 0.29) is 36.8 Å². The molecule has 1 amide bonds. The topological polar surface area (TPSA) is 92.3 Å². The van der Waals surface area contributed by atoms with Crippen molar-refractivity contribution in [2.24, 2.45) is 0 Å². The number of hydrogen-bond acceptors (Lipinski definition) is 6. The van der Waals surface area contributed by atoms with Crippen LogP contribution in [0.4, 0.5) is 0 Å². The predicted octanol–water partition coefficient (Wildman–Crippen LogP) is 2.25. The van der Waals surface area contributed by atoms with E-state index >= 15 is 0 Å². The number of aromatic nitrogens is 3. The smallest absolute Gasteiger partial charge is 0.295 e. The van der Waals surface area contributed by atoms with Gasteiger partial charge in [0.15, 0.2) is 0 Å². The van der Waals surface area contributed by atoms with Gasteiger partial charge in [0.05, 0.1) is 18.2 Å². The Bertz CT molecular complexity index is 910. The minimum absolute atomic E-state index is 0.0123. The van der Waals surface area contributed by atoms with Crippen LogP contribution in [0, 0.1) is 0 Å². The molecule has 0 saturated heterocycles. The van der Waals surface area contributed by atoms with Gasteiger partial charge in [-0.05, 0) is 36.1 Å². The molecule has 0 spiro atoms. The van der Waals surface area contributed by atoms with Crippen LogP contribution in [0.2, 0.25) is 0 Å². The van der Waals surface area contributed by atoms with Gasteiger partial charge in [0.1, 0.15) is 0 Å². The van der Waals surface area contributed by atoms with E-state index in [2.05, 4.69) is 21.2 Å². The van der Waals surface area contributed by atoms with Crippen LogP contribution in [0.1, 0.15) is 34.2 Å². The maximum atomic E-state index is 13.0. The molecule has 0 unspecified atom stereocenters. The largest absolute Gasteiger partial charge is 0.395 e. The number of benzene rings is 1. The molecule has 0 aliphatic heterocycles. The SMILES string of the molecule is O=C(c1noc(-c2cccnc2)n1)N(CCO)[C@@H]1CCc2ccccc21. The molecule has 1 aliphatic carbocycles. The number of hydrogen-bond donors (Lipinski definition) is 1. The van der Waals surface area contributed by atoms with Crippen LogP contribution in [0.3, 0.4) is 0 Å². The lowest BCUT2D eigenvalue weighted by molar-refractivity contribution is 0.0615. The standard InChI is InChI=1S/C19H18N4O3/c24-11-10-23(16-8-7-13-4-1-2-6-15(13)16)19(25)17-21-18(26-22-17)14-5-3-9-20-12-14/h1-6,9,12,16,24H,7-8,10-11H2/t16-/m1/s1. The lowest BCUT2D eigenvalue weighted by Crippen LogP contribution is -2.37. The Labute approximate surface area is 150 Å². The second-order valence-electron chi connectivity index (χ2n) is 6.14. The number of amides is 1. The molecule has 1 aliphatic rings. The molecule has 7 nitrogen and oxygen atoms in total. The van der Waals surface area contributed by atoms with Crippen molar-refractivity contribution in [3.63, 3.8) is 0 Å². The number of nitrogens with zero attached hydrogens (tertiary/aromatic N) is 4. The average Bonchev–Trinajstić information content (AvgIpc) is 3.34. The quantitative estimate of drug-likeness (QED) is 0.759. The molecule has 4 rings (SSSR count). The zero-order chi connectivity index (χ0) is 17.9. The van der Waals surface area contributed by atoms with Crippen LogP contribution in [0.15, 0.2) is 53.3 Å². The van der Waals surface area contributed by atoms with E-state index < -0.39 is 0 Å². The highest BCUT2D eigenvalue weighted by molar-refractivity contribution is 5.91.